The third kappa shape index (κ3) is 3.13. The van der Waals surface area contributed by atoms with E-state index in [0.29, 0.717) is 16.3 Å². The van der Waals surface area contributed by atoms with Crippen LogP contribution in [0.25, 0.3) is 0 Å². The van der Waals surface area contributed by atoms with Gasteiger partial charge in [0.2, 0.25) is 0 Å². The SMILES string of the molecule is COc1cc(C(O)c2ccc(Cl)cc2)c([N+](=O)[O-])cc1OC. The number of aliphatic hydroxyl groups excluding tert-OH is 1. The second kappa shape index (κ2) is 6.64. The normalized spacial score (nSPS) is 11.8. The molecule has 0 radical (unpaired) electrons. The molecule has 0 aromatic heterocycles. The van der Waals surface area contributed by atoms with Gasteiger partial charge in [-0.1, -0.05) is 23.7 Å². The first-order valence-electron chi connectivity index (χ1n) is 6.31. The van der Waals surface area contributed by atoms with E-state index in [9.17, 15) is 15.2 Å². The third-order valence-electron chi connectivity index (χ3n) is 3.21. The summed E-state index contributed by atoms with van der Waals surface area (Å²) in [7, 11) is 2.80. The number of nitrogens with zero attached hydrogens (tertiary/aromatic N) is 1. The van der Waals surface area contributed by atoms with Gasteiger partial charge in [-0.2, -0.15) is 0 Å². The van der Waals surface area contributed by atoms with Crippen molar-refractivity contribution in [3.63, 3.8) is 0 Å². The molecule has 0 saturated heterocycles. The number of rotatable bonds is 5. The average molecular weight is 324 g/mol. The molecule has 1 unspecified atom stereocenters. The Balaban J connectivity index is 2.56. The zero-order chi connectivity index (χ0) is 16.3. The van der Waals surface area contributed by atoms with Gasteiger partial charge in [-0.05, 0) is 23.8 Å². The van der Waals surface area contributed by atoms with Crippen LogP contribution in [0.15, 0.2) is 36.4 Å². The number of aliphatic hydroxyl groups is 1. The number of halogens is 1. The molecule has 0 aliphatic heterocycles. The van der Waals surface area contributed by atoms with Crippen LogP contribution in [-0.2, 0) is 0 Å². The van der Waals surface area contributed by atoms with Gasteiger partial charge in [-0.25, -0.2) is 0 Å². The van der Waals surface area contributed by atoms with Crippen molar-refractivity contribution in [3.05, 3.63) is 62.7 Å². The van der Waals surface area contributed by atoms with Crippen molar-refractivity contribution in [1.29, 1.82) is 0 Å². The third-order valence-corrected chi connectivity index (χ3v) is 3.46. The minimum atomic E-state index is -1.18. The molecule has 0 heterocycles. The summed E-state index contributed by atoms with van der Waals surface area (Å²) in [5, 5.41) is 22.2. The monoisotopic (exact) mass is 323 g/mol. The maximum Gasteiger partial charge on any atom is 0.279 e. The van der Waals surface area contributed by atoms with Crippen LogP contribution in [-0.4, -0.2) is 24.2 Å². The molecule has 2 rings (SSSR count). The number of benzene rings is 2. The van der Waals surface area contributed by atoms with Crippen LogP contribution < -0.4 is 9.47 Å². The highest BCUT2D eigenvalue weighted by Gasteiger charge is 2.25. The van der Waals surface area contributed by atoms with Gasteiger partial charge in [0.25, 0.3) is 5.69 Å². The highest BCUT2D eigenvalue weighted by Crippen LogP contribution is 2.39. The number of ether oxygens (including phenoxy) is 2. The Hall–Kier alpha value is -2.31. The van der Waals surface area contributed by atoms with Gasteiger partial charge in [0.15, 0.2) is 11.5 Å². The Bertz CT molecular complexity index is 687. The number of methoxy groups -OCH3 is 2. The quantitative estimate of drug-likeness (QED) is 0.674. The standard InChI is InChI=1S/C15H14ClNO5/c1-21-13-7-11(12(17(19)20)8-14(13)22-2)15(18)9-3-5-10(16)6-4-9/h3-8,15,18H,1-2H3. The number of hydrogen-bond acceptors (Lipinski definition) is 5. The van der Waals surface area contributed by atoms with Crippen molar-refractivity contribution in [1.82, 2.24) is 0 Å². The van der Waals surface area contributed by atoms with Crippen LogP contribution in [0.2, 0.25) is 5.02 Å². The van der Waals surface area contributed by atoms with Gasteiger partial charge in [-0.3, -0.25) is 10.1 Å². The van der Waals surface area contributed by atoms with Crippen LogP contribution in [0, 0.1) is 10.1 Å². The maximum atomic E-state index is 11.3. The summed E-state index contributed by atoms with van der Waals surface area (Å²) >= 11 is 5.80. The lowest BCUT2D eigenvalue weighted by molar-refractivity contribution is -0.386. The summed E-state index contributed by atoms with van der Waals surface area (Å²) in [5.74, 6) is 0.525. The molecule has 2 aromatic rings. The molecule has 0 aliphatic carbocycles. The van der Waals surface area contributed by atoms with E-state index in [2.05, 4.69) is 0 Å². The largest absolute Gasteiger partial charge is 0.493 e. The van der Waals surface area contributed by atoms with Crippen LogP contribution in [0.5, 0.6) is 11.5 Å². The molecule has 7 heteroatoms. The molecule has 1 atom stereocenters. The van der Waals surface area contributed by atoms with E-state index in [0.717, 1.165) is 0 Å². The van der Waals surface area contributed by atoms with Crippen molar-refractivity contribution in [2.45, 2.75) is 6.10 Å². The van der Waals surface area contributed by atoms with Gasteiger partial charge in [-0.15, -0.1) is 0 Å². The fourth-order valence-electron chi connectivity index (χ4n) is 2.09. The smallest absolute Gasteiger partial charge is 0.279 e. The van der Waals surface area contributed by atoms with Gasteiger partial charge in [0.1, 0.15) is 6.10 Å². The molecule has 1 N–H and O–H groups in total. The number of nitro benzene ring substituents is 1. The van der Waals surface area contributed by atoms with Crippen molar-refractivity contribution >= 4 is 17.3 Å². The van der Waals surface area contributed by atoms with Crippen molar-refractivity contribution < 1.29 is 19.5 Å². The molecule has 0 fully saturated rings. The lowest BCUT2D eigenvalue weighted by atomic mass is 9.99. The Labute approximate surface area is 132 Å². The van der Waals surface area contributed by atoms with E-state index in [1.165, 1.54) is 26.4 Å². The zero-order valence-electron chi connectivity index (χ0n) is 11.9. The van der Waals surface area contributed by atoms with E-state index in [-0.39, 0.29) is 17.0 Å². The fourth-order valence-corrected chi connectivity index (χ4v) is 2.21. The van der Waals surface area contributed by atoms with Crippen molar-refractivity contribution in [2.75, 3.05) is 14.2 Å². The minimum Gasteiger partial charge on any atom is -0.493 e. The molecule has 0 aliphatic rings. The molecule has 116 valence electrons. The van der Waals surface area contributed by atoms with Crippen LogP contribution in [0.4, 0.5) is 5.69 Å². The molecule has 22 heavy (non-hydrogen) atoms. The van der Waals surface area contributed by atoms with Gasteiger partial charge in [0.05, 0.1) is 30.8 Å². The molecule has 0 bridgehead atoms. The second-order valence-electron chi connectivity index (χ2n) is 4.48. The molecule has 6 nitrogen and oxygen atoms in total. The van der Waals surface area contributed by atoms with Crippen LogP contribution >= 0.6 is 11.6 Å². The maximum absolute atomic E-state index is 11.3. The van der Waals surface area contributed by atoms with Gasteiger partial charge in [0, 0.05) is 5.02 Å². The first-order valence-corrected chi connectivity index (χ1v) is 6.69. The lowest BCUT2D eigenvalue weighted by Gasteiger charge is -2.15. The van der Waals surface area contributed by atoms with Crippen molar-refractivity contribution in [3.8, 4) is 11.5 Å². The van der Waals surface area contributed by atoms with E-state index in [4.69, 9.17) is 21.1 Å². The highest BCUT2D eigenvalue weighted by atomic mass is 35.5. The zero-order valence-corrected chi connectivity index (χ0v) is 12.7. The van der Waals surface area contributed by atoms with Crippen LogP contribution in [0.3, 0.4) is 0 Å². The summed E-state index contributed by atoms with van der Waals surface area (Å²) in [5.41, 5.74) is 0.352. The minimum absolute atomic E-state index is 0.116. The summed E-state index contributed by atoms with van der Waals surface area (Å²) in [6.07, 6.45) is -1.18. The van der Waals surface area contributed by atoms with Crippen molar-refractivity contribution in [2.24, 2.45) is 0 Å². The van der Waals surface area contributed by atoms with E-state index in [1.807, 2.05) is 0 Å². The van der Waals surface area contributed by atoms with Crippen LogP contribution in [0.1, 0.15) is 17.2 Å². The predicted molar refractivity (Wildman–Crippen MR) is 81.7 cm³/mol. The van der Waals surface area contributed by atoms with Gasteiger partial charge >= 0.3 is 0 Å². The fraction of sp³-hybridized carbons (Fsp3) is 0.200. The molecule has 0 amide bonds. The van der Waals surface area contributed by atoms with E-state index >= 15 is 0 Å². The Kier molecular flexibility index (Phi) is 4.85. The van der Waals surface area contributed by atoms with E-state index in [1.54, 1.807) is 24.3 Å². The molecule has 0 saturated carbocycles. The Morgan fingerprint density at radius 2 is 1.68 bits per heavy atom. The molecule has 0 spiro atoms. The molecular formula is C15H14ClNO5. The highest BCUT2D eigenvalue weighted by molar-refractivity contribution is 6.30. The number of hydrogen-bond donors (Lipinski definition) is 1. The van der Waals surface area contributed by atoms with Gasteiger partial charge < -0.3 is 14.6 Å². The second-order valence-corrected chi connectivity index (χ2v) is 4.91. The Morgan fingerprint density at radius 3 is 2.18 bits per heavy atom. The summed E-state index contributed by atoms with van der Waals surface area (Å²) in [6.45, 7) is 0. The Morgan fingerprint density at radius 1 is 1.14 bits per heavy atom. The first-order chi connectivity index (χ1) is 10.5. The average Bonchev–Trinajstić information content (AvgIpc) is 2.53. The molecular weight excluding hydrogens is 310 g/mol. The summed E-state index contributed by atoms with van der Waals surface area (Å²) < 4.78 is 10.2. The molecule has 2 aromatic carbocycles. The topological polar surface area (TPSA) is 81.8 Å². The lowest BCUT2D eigenvalue weighted by Crippen LogP contribution is -2.05. The first kappa shape index (κ1) is 16.1. The summed E-state index contributed by atoms with van der Waals surface area (Å²) in [6, 6.07) is 9.05. The number of nitro groups is 1. The predicted octanol–water partition coefficient (Wildman–Crippen LogP) is 3.35. The van der Waals surface area contributed by atoms with E-state index < -0.39 is 11.0 Å². The summed E-state index contributed by atoms with van der Waals surface area (Å²) in [4.78, 5) is 10.7.